The van der Waals surface area contributed by atoms with Gasteiger partial charge in [0.1, 0.15) is 0 Å². The first-order valence-corrected chi connectivity index (χ1v) is 8.86. The highest BCUT2D eigenvalue weighted by Crippen LogP contribution is 2.34. The molecular formula is C16H30IN5S. The van der Waals surface area contributed by atoms with E-state index in [-0.39, 0.29) is 24.0 Å². The molecule has 0 amide bonds. The Morgan fingerprint density at radius 2 is 2.04 bits per heavy atom. The Hall–Kier alpha value is -0.570. The lowest BCUT2D eigenvalue weighted by Gasteiger charge is -2.35. The summed E-state index contributed by atoms with van der Waals surface area (Å²) >= 11 is 1.67. The van der Waals surface area contributed by atoms with Gasteiger partial charge in [0.2, 0.25) is 0 Å². The first-order valence-electron chi connectivity index (χ1n) is 7.98. The summed E-state index contributed by atoms with van der Waals surface area (Å²) in [5.41, 5.74) is 1.56. The SMILES string of the molecule is CN=C(NCc1csc(N(C)C)n1)NC1CCC(C)(C)CC1.I. The fourth-order valence-corrected chi connectivity index (χ4v) is 3.45. The summed E-state index contributed by atoms with van der Waals surface area (Å²) in [7, 11) is 5.86. The monoisotopic (exact) mass is 451 g/mol. The molecule has 0 saturated heterocycles. The maximum Gasteiger partial charge on any atom is 0.191 e. The predicted octanol–water partition coefficient (Wildman–Crippen LogP) is 3.46. The number of halogens is 1. The molecule has 1 aromatic rings. The number of nitrogens with one attached hydrogen (secondary N) is 2. The van der Waals surface area contributed by atoms with Crippen LogP contribution >= 0.6 is 35.3 Å². The largest absolute Gasteiger partial charge is 0.354 e. The minimum atomic E-state index is 0. The van der Waals surface area contributed by atoms with Gasteiger partial charge in [0.05, 0.1) is 12.2 Å². The Bertz CT molecular complexity index is 502. The summed E-state index contributed by atoms with van der Waals surface area (Å²) in [6, 6.07) is 0.534. The molecule has 0 radical (unpaired) electrons. The zero-order valence-corrected chi connectivity index (χ0v) is 18.0. The van der Waals surface area contributed by atoms with E-state index in [1.54, 1.807) is 11.3 Å². The Morgan fingerprint density at radius 1 is 1.39 bits per heavy atom. The standard InChI is InChI=1S/C16H29N5S.HI/c1-16(2)8-6-12(7-9-16)19-14(17-3)18-10-13-11-22-15(20-13)21(4)5;/h11-12H,6-10H2,1-5H3,(H2,17,18,19);1H. The maximum atomic E-state index is 4.58. The summed E-state index contributed by atoms with van der Waals surface area (Å²) in [4.78, 5) is 10.9. The van der Waals surface area contributed by atoms with Gasteiger partial charge in [0.25, 0.3) is 0 Å². The maximum absolute atomic E-state index is 4.58. The minimum Gasteiger partial charge on any atom is -0.354 e. The number of anilines is 1. The van der Waals surface area contributed by atoms with Gasteiger partial charge in [0, 0.05) is 32.6 Å². The van der Waals surface area contributed by atoms with Gasteiger partial charge in [0.15, 0.2) is 11.1 Å². The van der Waals surface area contributed by atoms with E-state index >= 15 is 0 Å². The number of rotatable bonds is 4. The van der Waals surface area contributed by atoms with Gasteiger partial charge >= 0.3 is 0 Å². The summed E-state index contributed by atoms with van der Waals surface area (Å²) in [6.07, 6.45) is 4.99. The molecule has 1 saturated carbocycles. The van der Waals surface area contributed by atoms with E-state index in [1.165, 1.54) is 25.7 Å². The third kappa shape index (κ3) is 6.45. The van der Waals surface area contributed by atoms with Crippen molar-refractivity contribution in [3.8, 4) is 0 Å². The van der Waals surface area contributed by atoms with Crippen LogP contribution in [0, 0.1) is 5.41 Å². The number of guanidine groups is 1. The fourth-order valence-electron chi connectivity index (χ4n) is 2.69. The lowest BCUT2D eigenvalue weighted by Crippen LogP contribution is -2.45. The molecular weight excluding hydrogens is 421 g/mol. The second kappa shape index (κ2) is 9.05. The van der Waals surface area contributed by atoms with Crippen molar-refractivity contribution in [3.05, 3.63) is 11.1 Å². The van der Waals surface area contributed by atoms with Gasteiger partial charge in [-0.25, -0.2) is 4.98 Å². The Labute approximate surface area is 161 Å². The smallest absolute Gasteiger partial charge is 0.191 e. The number of hydrogen-bond donors (Lipinski definition) is 2. The first kappa shape index (κ1) is 20.5. The first-order chi connectivity index (χ1) is 10.4. The molecule has 2 rings (SSSR count). The molecule has 0 aromatic carbocycles. The number of thiazole rings is 1. The summed E-state index contributed by atoms with van der Waals surface area (Å²) in [5.74, 6) is 0.879. The van der Waals surface area contributed by atoms with Crippen LogP contribution in [0.4, 0.5) is 5.13 Å². The van der Waals surface area contributed by atoms with E-state index in [9.17, 15) is 0 Å². The fraction of sp³-hybridized carbons (Fsp3) is 0.750. The molecule has 0 bridgehead atoms. The number of aliphatic imine (C=N–C) groups is 1. The average Bonchev–Trinajstić information content (AvgIpc) is 2.94. The van der Waals surface area contributed by atoms with Crippen LogP contribution in [0.3, 0.4) is 0 Å². The summed E-state index contributed by atoms with van der Waals surface area (Å²) < 4.78 is 0. The van der Waals surface area contributed by atoms with Gasteiger partial charge in [-0.1, -0.05) is 13.8 Å². The molecule has 0 aliphatic heterocycles. The van der Waals surface area contributed by atoms with Crippen molar-refractivity contribution >= 4 is 46.4 Å². The van der Waals surface area contributed by atoms with Gasteiger partial charge in [-0.15, -0.1) is 35.3 Å². The average molecular weight is 451 g/mol. The van der Waals surface area contributed by atoms with Crippen LogP contribution in [0.15, 0.2) is 10.4 Å². The summed E-state index contributed by atoms with van der Waals surface area (Å²) in [6.45, 7) is 5.43. The van der Waals surface area contributed by atoms with Crippen LogP contribution in [0.2, 0.25) is 0 Å². The van der Waals surface area contributed by atoms with E-state index in [1.807, 2.05) is 26.0 Å². The van der Waals surface area contributed by atoms with E-state index in [4.69, 9.17) is 0 Å². The molecule has 1 aromatic heterocycles. The molecule has 2 N–H and O–H groups in total. The van der Waals surface area contributed by atoms with Crippen molar-refractivity contribution in [3.63, 3.8) is 0 Å². The topological polar surface area (TPSA) is 52.6 Å². The van der Waals surface area contributed by atoms with Crippen molar-refractivity contribution < 1.29 is 0 Å². The van der Waals surface area contributed by atoms with Crippen molar-refractivity contribution in [1.29, 1.82) is 0 Å². The quantitative estimate of drug-likeness (QED) is 0.418. The molecule has 7 heteroatoms. The highest BCUT2D eigenvalue weighted by atomic mass is 127. The van der Waals surface area contributed by atoms with Crippen LogP contribution in [0.25, 0.3) is 0 Å². The molecule has 0 unspecified atom stereocenters. The van der Waals surface area contributed by atoms with E-state index in [0.29, 0.717) is 18.0 Å². The van der Waals surface area contributed by atoms with Crippen molar-refractivity contribution in [1.82, 2.24) is 15.6 Å². The van der Waals surface area contributed by atoms with Gasteiger partial charge in [-0.2, -0.15) is 0 Å². The molecule has 1 fully saturated rings. The minimum absolute atomic E-state index is 0. The van der Waals surface area contributed by atoms with E-state index in [2.05, 4.69) is 39.8 Å². The second-order valence-corrected chi connectivity index (χ2v) is 7.86. The van der Waals surface area contributed by atoms with Crippen LogP contribution in [0.1, 0.15) is 45.2 Å². The third-order valence-corrected chi connectivity index (χ3v) is 5.32. The molecule has 1 heterocycles. The zero-order valence-electron chi connectivity index (χ0n) is 14.8. The summed E-state index contributed by atoms with van der Waals surface area (Å²) in [5, 5.41) is 10.1. The van der Waals surface area contributed by atoms with Crippen molar-refractivity contribution in [2.24, 2.45) is 10.4 Å². The third-order valence-electron chi connectivity index (χ3n) is 4.26. The molecule has 0 spiro atoms. The lowest BCUT2D eigenvalue weighted by molar-refractivity contribution is 0.216. The van der Waals surface area contributed by atoms with Crippen molar-refractivity contribution in [2.45, 2.75) is 52.1 Å². The predicted molar refractivity (Wildman–Crippen MR) is 111 cm³/mol. The number of hydrogen-bond acceptors (Lipinski definition) is 4. The van der Waals surface area contributed by atoms with Crippen molar-refractivity contribution in [2.75, 3.05) is 26.0 Å². The zero-order chi connectivity index (χ0) is 16.2. The van der Waals surface area contributed by atoms with Crippen LogP contribution in [0.5, 0.6) is 0 Å². The molecule has 23 heavy (non-hydrogen) atoms. The normalized spacial score (nSPS) is 18.2. The Morgan fingerprint density at radius 3 is 2.57 bits per heavy atom. The molecule has 132 valence electrons. The lowest BCUT2D eigenvalue weighted by atomic mass is 9.75. The molecule has 1 aliphatic carbocycles. The Kier molecular flexibility index (Phi) is 8.06. The molecule has 1 aliphatic rings. The Balaban J connectivity index is 0.00000264. The highest BCUT2D eigenvalue weighted by molar-refractivity contribution is 14.0. The van der Waals surface area contributed by atoms with Crippen LogP contribution < -0.4 is 15.5 Å². The van der Waals surface area contributed by atoms with Crippen LogP contribution in [-0.4, -0.2) is 38.1 Å². The highest BCUT2D eigenvalue weighted by Gasteiger charge is 2.27. The van der Waals surface area contributed by atoms with E-state index in [0.717, 1.165) is 16.8 Å². The van der Waals surface area contributed by atoms with Gasteiger partial charge in [-0.05, 0) is 31.1 Å². The van der Waals surface area contributed by atoms with Crippen LogP contribution in [-0.2, 0) is 6.54 Å². The number of nitrogens with zero attached hydrogens (tertiary/aromatic N) is 3. The molecule has 0 atom stereocenters. The van der Waals surface area contributed by atoms with E-state index < -0.39 is 0 Å². The second-order valence-electron chi connectivity index (χ2n) is 7.02. The van der Waals surface area contributed by atoms with Gasteiger partial charge < -0.3 is 15.5 Å². The number of aromatic nitrogens is 1. The molecule has 5 nitrogen and oxygen atoms in total. The van der Waals surface area contributed by atoms with Gasteiger partial charge in [-0.3, -0.25) is 4.99 Å².